The van der Waals surface area contributed by atoms with Crippen LogP contribution in [-0.2, 0) is 0 Å². The van der Waals surface area contributed by atoms with Crippen molar-refractivity contribution in [3.05, 3.63) is 0 Å². The molecule has 0 atom stereocenters. The third-order valence-electron chi connectivity index (χ3n) is 8.11. The van der Waals surface area contributed by atoms with Crippen molar-refractivity contribution < 1.29 is 184 Å². The van der Waals surface area contributed by atoms with Gasteiger partial charge in [-0.05, 0) is 0 Å². The fourth-order valence-corrected chi connectivity index (χ4v) is 5.17. The molecule has 0 aromatic rings. The van der Waals surface area contributed by atoms with Crippen LogP contribution >= 0.6 is 22.6 Å². The highest BCUT2D eigenvalue weighted by Crippen LogP contribution is 2.69. The minimum atomic E-state index is -9.83. The average Bonchev–Trinajstić information content (AvgIpc) is 3.05. The molecule has 0 saturated heterocycles. The van der Waals surface area contributed by atoms with Crippen LogP contribution in [0.5, 0.6) is 0 Å². The second-order valence-electron chi connectivity index (χ2n) is 12.6. The Morgan fingerprint density at radius 3 is 0.409 bits per heavy atom. The van der Waals surface area contributed by atoms with Gasteiger partial charge in [-0.25, -0.2) is 0 Å². The first-order valence-corrected chi connectivity index (χ1v) is 15.4. The zero-order valence-corrected chi connectivity index (χ0v) is 30.4. The first kappa shape index (κ1) is 63.8. The minimum absolute atomic E-state index is 0.825. The van der Waals surface area contributed by atoms with Crippen molar-refractivity contribution in [2.45, 2.75) is 136 Å². The van der Waals surface area contributed by atoms with Crippen LogP contribution < -0.4 is 0 Å². The Morgan fingerprint density at radius 1 is 0.182 bits per heavy atom. The van der Waals surface area contributed by atoms with E-state index in [1.54, 1.807) is 0 Å². The summed E-state index contributed by atoms with van der Waals surface area (Å²) in [7, 11) is 0. The molecule has 0 fully saturated rings. The normalized spacial score (nSPS) is 17.3. The molecule has 398 valence electrons. The van der Waals surface area contributed by atoms with Crippen LogP contribution in [0.15, 0.2) is 0 Å². The molecule has 0 aromatic carbocycles. The second kappa shape index (κ2) is 15.9. The summed E-state index contributed by atoms with van der Waals surface area (Å²) >= 11 is -0.825. The predicted octanol–water partition coefficient (Wildman–Crippen LogP) is 15.1. The van der Waals surface area contributed by atoms with Gasteiger partial charge >= 0.3 is 119 Å². The quantitative estimate of drug-likeness (QED) is 0.0647. The fraction of sp³-hybridized carbons (Fsp3) is 1.00. The number of alkyl halides is 43. The Morgan fingerprint density at radius 2 is 0.288 bits per heavy atom. The summed E-state index contributed by atoms with van der Waals surface area (Å²) < 4.78 is 562. The van der Waals surface area contributed by atoms with Gasteiger partial charge < -0.3 is 0 Å². The Kier molecular flexibility index (Phi) is 15.4. The van der Waals surface area contributed by atoms with Crippen LogP contribution in [0.25, 0.3) is 0 Å². The van der Waals surface area contributed by atoms with Crippen LogP contribution in [0, 0.1) is 0 Å². The first-order valence-electron chi connectivity index (χ1n) is 14.2. The lowest BCUT2D eigenvalue weighted by molar-refractivity contribution is -0.474. The molecule has 0 bridgehead atoms. The molecule has 43 heteroatoms. The SMILES string of the molecule is FC(F)(F)C(F)(F)C(F)(F)C(F)(F)C(F)(F)C(F)(F)C(F)(F)C(F)(F)C(F)(F)C(F)(F)CC(I)CC(F)(F)C(F)(F)C(F)(F)C(F)(F)C(F)(F)C(F)(F)C(F)(F)C(F)(F)C(F)(F)C(F)(F)F. The number of halogens is 43. The van der Waals surface area contributed by atoms with E-state index in [1.165, 1.54) is 0 Å². The van der Waals surface area contributed by atoms with Crippen molar-refractivity contribution in [3.8, 4) is 0 Å². The van der Waals surface area contributed by atoms with Crippen LogP contribution in [0.4, 0.5) is 184 Å². The van der Waals surface area contributed by atoms with E-state index in [-0.39, 0.29) is 0 Å². The highest BCUT2D eigenvalue weighted by atomic mass is 127. The number of hydrogen-bond acceptors (Lipinski definition) is 0. The largest absolute Gasteiger partial charge is 0.460 e. The molecule has 0 heterocycles. The van der Waals surface area contributed by atoms with E-state index in [0.29, 0.717) is 0 Å². The van der Waals surface area contributed by atoms with Gasteiger partial charge in [-0.1, -0.05) is 22.6 Å². The third-order valence-corrected chi connectivity index (χ3v) is 8.99. The van der Waals surface area contributed by atoms with Gasteiger partial charge in [-0.3, -0.25) is 0 Å². The zero-order valence-electron chi connectivity index (χ0n) is 28.2. The van der Waals surface area contributed by atoms with Gasteiger partial charge in [0.25, 0.3) is 0 Å². The van der Waals surface area contributed by atoms with Gasteiger partial charge in [-0.2, -0.15) is 184 Å². The third kappa shape index (κ3) is 7.92. The van der Waals surface area contributed by atoms with E-state index < -0.39 is 158 Å². The zero-order chi connectivity index (χ0) is 55.0. The Balaban J connectivity index is 7.30. The Hall–Kier alpha value is -2.21. The van der Waals surface area contributed by atoms with Gasteiger partial charge in [0.05, 0.1) is 0 Å². The van der Waals surface area contributed by atoms with Crippen molar-refractivity contribution in [2.24, 2.45) is 0 Å². The maximum atomic E-state index is 14.2. The molecule has 0 radical (unpaired) electrons. The first-order chi connectivity index (χ1) is 27.6. The molecule has 0 aliphatic rings. The van der Waals surface area contributed by atoms with Crippen molar-refractivity contribution >= 4 is 22.6 Å². The van der Waals surface area contributed by atoms with Gasteiger partial charge in [-0.15, -0.1) is 0 Å². The molecular weight excluding hydrogens is 1200 g/mol. The Bertz CT molecular complexity index is 1590. The molecular formula is C23H5F42I. The molecule has 0 nitrogen and oxygen atoms in total. The molecule has 0 rings (SSSR count). The topological polar surface area (TPSA) is 0 Å². The van der Waals surface area contributed by atoms with Gasteiger partial charge in [0, 0.05) is 16.8 Å². The Labute approximate surface area is 343 Å². The number of rotatable bonds is 20. The molecule has 66 heavy (non-hydrogen) atoms. The standard InChI is InChI=1S/C23H5F42I/c24-4(25,6(28,29)8(32,33)10(36,37)12(40,41)14(44,45)16(48,49)18(52,53)20(56,57)22(60,61)62)1-3(66)2-5(26,27)7(30,31)9(34,35)11(38,39)13(42,43)15(46,47)17(50,51)19(54,55)21(58,59)23(63,64)65/h3H,1-2H2. The highest BCUT2D eigenvalue weighted by Gasteiger charge is 3.00. The summed E-state index contributed by atoms with van der Waals surface area (Å²) in [5.41, 5.74) is 0. The van der Waals surface area contributed by atoms with Crippen molar-refractivity contribution in [2.75, 3.05) is 0 Å². The average molecular weight is 1210 g/mol. The summed E-state index contributed by atoms with van der Waals surface area (Å²) in [6, 6.07) is 0. The molecule has 0 amide bonds. The molecule has 0 aliphatic heterocycles. The van der Waals surface area contributed by atoms with E-state index >= 15 is 0 Å². The predicted molar refractivity (Wildman–Crippen MR) is 128 cm³/mol. The van der Waals surface area contributed by atoms with Crippen LogP contribution in [0.3, 0.4) is 0 Å². The van der Waals surface area contributed by atoms with Gasteiger partial charge in [0.1, 0.15) is 0 Å². The summed E-state index contributed by atoms with van der Waals surface area (Å²) in [6.07, 6.45) is -25.7. The summed E-state index contributed by atoms with van der Waals surface area (Å²) in [5.74, 6) is -168. The molecule has 0 saturated carbocycles. The van der Waals surface area contributed by atoms with E-state index in [0.717, 1.165) is 0 Å². The molecule has 0 N–H and O–H groups in total. The maximum Gasteiger partial charge on any atom is 0.460 e. The molecule has 0 unspecified atom stereocenters. The van der Waals surface area contributed by atoms with E-state index in [1.807, 2.05) is 0 Å². The van der Waals surface area contributed by atoms with E-state index in [4.69, 9.17) is 0 Å². The molecule has 0 spiro atoms. The summed E-state index contributed by atoms with van der Waals surface area (Å²) in [6.45, 7) is 0. The minimum Gasteiger partial charge on any atom is -0.200 e. The fourth-order valence-electron chi connectivity index (χ4n) is 4.07. The lowest BCUT2D eigenvalue weighted by atomic mass is 9.84. The van der Waals surface area contributed by atoms with Gasteiger partial charge in [0.15, 0.2) is 0 Å². The molecule has 0 aromatic heterocycles. The van der Waals surface area contributed by atoms with Crippen LogP contribution in [0.1, 0.15) is 12.8 Å². The van der Waals surface area contributed by atoms with E-state index in [2.05, 4.69) is 0 Å². The van der Waals surface area contributed by atoms with Crippen LogP contribution in [0.2, 0.25) is 0 Å². The van der Waals surface area contributed by atoms with Crippen molar-refractivity contribution in [1.29, 1.82) is 0 Å². The van der Waals surface area contributed by atoms with Crippen molar-refractivity contribution in [1.82, 2.24) is 0 Å². The lowest BCUT2D eigenvalue weighted by Crippen LogP contribution is -2.77. The molecule has 0 aliphatic carbocycles. The van der Waals surface area contributed by atoms with E-state index in [9.17, 15) is 184 Å². The van der Waals surface area contributed by atoms with Crippen LogP contribution in [-0.4, -0.2) is 123 Å². The summed E-state index contributed by atoms with van der Waals surface area (Å²) in [5, 5.41) is 0. The maximum absolute atomic E-state index is 14.2. The summed E-state index contributed by atoms with van der Waals surface area (Å²) in [4.78, 5) is 0. The lowest BCUT2D eigenvalue weighted by Gasteiger charge is -2.45. The second-order valence-corrected chi connectivity index (χ2v) is 14.4. The van der Waals surface area contributed by atoms with Crippen molar-refractivity contribution in [3.63, 3.8) is 0 Å². The van der Waals surface area contributed by atoms with Gasteiger partial charge in [0.2, 0.25) is 0 Å². The smallest absolute Gasteiger partial charge is 0.200 e. The highest BCUT2D eigenvalue weighted by molar-refractivity contribution is 14.1. The number of hydrogen-bond donors (Lipinski definition) is 0. The monoisotopic (exact) mass is 1210 g/mol.